The van der Waals surface area contributed by atoms with Crippen LogP contribution in [0.3, 0.4) is 0 Å². The number of nitrogens with zero attached hydrogens (tertiary/aromatic N) is 1. The van der Waals surface area contributed by atoms with E-state index < -0.39 is 0 Å². The first-order chi connectivity index (χ1) is 9.85. The molecule has 1 heterocycles. The smallest absolute Gasteiger partial charge is 0.181 e. The summed E-state index contributed by atoms with van der Waals surface area (Å²) in [6.07, 6.45) is 8.25. The van der Waals surface area contributed by atoms with Gasteiger partial charge in [0.15, 0.2) is 12.2 Å². The van der Waals surface area contributed by atoms with Crippen molar-refractivity contribution in [2.45, 2.75) is 37.8 Å². The fourth-order valence-electron chi connectivity index (χ4n) is 2.85. The molecule has 1 N–H and O–H groups in total. The molecular formula is C16H20N2O2. The number of nitrogens with one attached hydrogen (secondary N) is 1. The van der Waals surface area contributed by atoms with Gasteiger partial charge in [0.05, 0.1) is 12.3 Å². The highest BCUT2D eigenvalue weighted by Crippen LogP contribution is 2.26. The third-order valence-electron chi connectivity index (χ3n) is 3.91. The van der Waals surface area contributed by atoms with Crippen LogP contribution in [-0.2, 0) is 4.74 Å². The molecule has 106 valence electrons. The molecule has 2 aromatic rings. The van der Waals surface area contributed by atoms with Crippen molar-refractivity contribution in [1.29, 1.82) is 0 Å². The summed E-state index contributed by atoms with van der Waals surface area (Å²) >= 11 is 0. The Bertz CT molecular complexity index is 539. The molecule has 0 bridgehead atoms. The second kappa shape index (κ2) is 6.09. The number of hydrogen-bond acceptors (Lipinski definition) is 4. The predicted molar refractivity (Wildman–Crippen MR) is 78.6 cm³/mol. The quantitative estimate of drug-likeness (QED) is 0.921. The first kappa shape index (κ1) is 13.2. The molecule has 2 atom stereocenters. The van der Waals surface area contributed by atoms with Crippen LogP contribution >= 0.6 is 0 Å². The van der Waals surface area contributed by atoms with Crippen molar-refractivity contribution in [2.24, 2.45) is 0 Å². The fourth-order valence-corrected chi connectivity index (χ4v) is 2.85. The predicted octanol–water partition coefficient (Wildman–Crippen LogP) is 3.71. The molecule has 1 aromatic carbocycles. The summed E-state index contributed by atoms with van der Waals surface area (Å²) in [5.41, 5.74) is 2.17. The standard InChI is InChI=1S/C16H20N2O2/c1-19-15-7-3-6-14(9-15)18-13-5-2-4-12(8-13)16-10-17-11-20-16/h2,4-5,8,10-11,14-15,18H,3,6-7,9H2,1H3. The Hall–Kier alpha value is -1.81. The summed E-state index contributed by atoms with van der Waals surface area (Å²) in [5, 5.41) is 3.61. The van der Waals surface area contributed by atoms with Gasteiger partial charge in [-0.1, -0.05) is 12.1 Å². The van der Waals surface area contributed by atoms with Crippen LogP contribution in [0.25, 0.3) is 11.3 Å². The Morgan fingerprint density at radius 1 is 1.35 bits per heavy atom. The highest BCUT2D eigenvalue weighted by atomic mass is 16.5. The van der Waals surface area contributed by atoms with Gasteiger partial charge in [0, 0.05) is 24.4 Å². The van der Waals surface area contributed by atoms with Crippen molar-refractivity contribution >= 4 is 5.69 Å². The zero-order chi connectivity index (χ0) is 13.8. The molecule has 0 radical (unpaired) electrons. The van der Waals surface area contributed by atoms with Crippen LogP contribution in [0.1, 0.15) is 25.7 Å². The fraction of sp³-hybridized carbons (Fsp3) is 0.438. The van der Waals surface area contributed by atoms with Gasteiger partial charge in [-0.2, -0.15) is 0 Å². The molecule has 20 heavy (non-hydrogen) atoms. The molecule has 4 heteroatoms. The maximum Gasteiger partial charge on any atom is 0.181 e. The number of anilines is 1. The Kier molecular flexibility index (Phi) is 4.02. The molecule has 1 aromatic heterocycles. The number of benzene rings is 1. The lowest BCUT2D eigenvalue weighted by Gasteiger charge is -2.29. The monoisotopic (exact) mass is 272 g/mol. The van der Waals surface area contributed by atoms with Crippen LogP contribution in [-0.4, -0.2) is 24.2 Å². The first-order valence-electron chi connectivity index (χ1n) is 7.13. The van der Waals surface area contributed by atoms with E-state index in [1.165, 1.54) is 25.7 Å². The van der Waals surface area contributed by atoms with E-state index >= 15 is 0 Å². The summed E-state index contributed by atoms with van der Waals surface area (Å²) in [7, 11) is 1.80. The van der Waals surface area contributed by atoms with Crippen LogP contribution in [0.2, 0.25) is 0 Å². The number of methoxy groups -OCH3 is 1. The molecular weight excluding hydrogens is 252 g/mol. The minimum absolute atomic E-state index is 0.388. The molecule has 0 spiro atoms. The molecule has 0 aliphatic heterocycles. The summed E-state index contributed by atoms with van der Waals surface area (Å²) < 4.78 is 10.8. The van der Waals surface area contributed by atoms with Gasteiger partial charge in [-0.25, -0.2) is 4.98 Å². The van der Waals surface area contributed by atoms with E-state index in [0.29, 0.717) is 12.1 Å². The maximum absolute atomic E-state index is 5.48. The SMILES string of the molecule is COC1CCCC(Nc2cccc(-c3cnco3)c2)C1. The van der Waals surface area contributed by atoms with Crippen molar-refractivity contribution in [3.8, 4) is 11.3 Å². The molecule has 4 nitrogen and oxygen atoms in total. The first-order valence-corrected chi connectivity index (χ1v) is 7.13. The Morgan fingerprint density at radius 2 is 2.30 bits per heavy atom. The third kappa shape index (κ3) is 3.02. The Balaban J connectivity index is 1.70. The number of rotatable bonds is 4. The minimum atomic E-state index is 0.388. The zero-order valence-corrected chi connectivity index (χ0v) is 11.7. The van der Waals surface area contributed by atoms with Crippen molar-refractivity contribution in [3.05, 3.63) is 36.9 Å². The van der Waals surface area contributed by atoms with Crippen molar-refractivity contribution in [1.82, 2.24) is 4.98 Å². The topological polar surface area (TPSA) is 47.3 Å². The Labute approximate surface area is 119 Å². The van der Waals surface area contributed by atoms with E-state index in [4.69, 9.17) is 9.15 Å². The lowest BCUT2D eigenvalue weighted by molar-refractivity contribution is 0.0669. The summed E-state index contributed by atoms with van der Waals surface area (Å²) in [4.78, 5) is 3.96. The highest BCUT2D eigenvalue weighted by molar-refractivity contribution is 5.63. The molecule has 1 aliphatic rings. The van der Waals surface area contributed by atoms with Gasteiger partial charge in [0.1, 0.15) is 0 Å². The van der Waals surface area contributed by atoms with Gasteiger partial charge in [-0.3, -0.25) is 0 Å². The van der Waals surface area contributed by atoms with Gasteiger partial charge >= 0.3 is 0 Å². The van der Waals surface area contributed by atoms with Crippen molar-refractivity contribution in [2.75, 3.05) is 12.4 Å². The normalized spacial score (nSPS) is 22.6. The molecule has 1 saturated carbocycles. The number of hydrogen-bond donors (Lipinski definition) is 1. The molecule has 0 saturated heterocycles. The van der Waals surface area contributed by atoms with Crippen LogP contribution in [0, 0.1) is 0 Å². The van der Waals surface area contributed by atoms with Crippen LogP contribution < -0.4 is 5.32 Å². The summed E-state index contributed by atoms with van der Waals surface area (Å²) in [6.45, 7) is 0. The van der Waals surface area contributed by atoms with Crippen molar-refractivity contribution < 1.29 is 9.15 Å². The Morgan fingerprint density at radius 3 is 3.10 bits per heavy atom. The van der Waals surface area contributed by atoms with E-state index in [9.17, 15) is 0 Å². The lowest BCUT2D eigenvalue weighted by atomic mass is 9.92. The largest absolute Gasteiger partial charge is 0.444 e. The average Bonchev–Trinajstić information content (AvgIpc) is 3.02. The van der Waals surface area contributed by atoms with Gasteiger partial charge < -0.3 is 14.5 Å². The third-order valence-corrected chi connectivity index (χ3v) is 3.91. The van der Waals surface area contributed by atoms with E-state index in [-0.39, 0.29) is 0 Å². The van der Waals surface area contributed by atoms with Crippen LogP contribution in [0.4, 0.5) is 5.69 Å². The number of oxazole rings is 1. The van der Waals surface area contributed by atoms with E-state index in [2.05, 4.69) is 22.4 Å². The molecule has 1 aliphatic carbocycles. The van der Waals surface area contributed by atoms with Crippen LogP contribution in [0.15, 0.2) is 41.3 Å². The second-order valence-electron chi connectivity index (χ2n) is 5.31. The summed E-state index contributed by atoms with van der Waals surface area (Å²) in [5.74, 6) is 0.798. The van der Waals surface area contributed by atoms with Gasteiger partial charge in [0.2, 0.25) is 0 Å². The molecule has 1 fully saturated rings. The van der Waals surface area contributed by atoms with Gasteiger partial charge in [0.25, 0.3) is 0 Å². The van der Waals surface area contributed by atoms with E-state index in [0.717, 1.165) is 23.4 Å². The summed E-state index contributed by atoms with van der Waals surface area (Å²) in [6, 6.07) is 8.76. The van der Waals surface area contributed by atoms with E-state index in [1.807, 2.05) is 12.1 Å². The average molecular weight is 272 g/mol. The second-order valence-corrected chi connectivity index (χ2v) is 5.31. The lowest BCUT2D eigenvalue weighted by Crippen LogP contribution is -2.30. The number of ether oxygens (including phenoxy) is 1. The molecule has 3 rings (SSSR count). The number of aromatic nitrogens is 1. The zero-order valence-electron chi connectivity index (χ0n) is 11.7. The molecule has 0 amide bonds. The van der Waals surface area contributed by atoms with E-state index in [1.54, 1.807) is 13.3 Å². The molecule has 2 unspecified atom stereocenters. The van der Waals surface area contributed by atoms with Gasteiger partial charge in [-0.15, -0.1) is 0 Å². The van der Waals surface area contributed by atoms with Crippen LogP contribution in [0.5, 0.6) is 0 Å². The maximum atomic E-state index is 5.48. The van der Waals surface area contributed by atoms with Gasteiger partial charge in [-0.05, 0) is 37.8 Å². The minimum Gasteiger partial charge on any atom is -0.444 e. The van der Waals surface area contributed by atoms with Crippen molar-refractivity contribution in [3.63, 3.8) is 0 Å². The highest BCUT2D eigenvalue weighted by Gasteiger charge is 2.21.